The molecular formula is C13H13F3N6O4S2. The molecule has 15 heteroatoms. The number of halogens is 3. The van der Waals surface area contributed by atoms with Crippen LogP contribution < -0.4 is 26.2 Å². The monoisotopic (exact) mass is 438 g/mol. The maximum Gasteiger partial charge on any atom is 0.573 e. The SMILES string of the molecule is NC(N)=NCC(=O)Nc1ccc(S(=O)(=O)Nc2cncs2)cc1OC(F)(F)F. The van der Waals surface area contributed by atoms with Crippen molar-refractivity contribution in [2.75, 3.05) is 16.6 Å². The molecule has 2 aromatic rings. The third-order valence-electron chi connectivity index (χ3n) is 2.84. The highest BCUT2D eigenvalue weighted by Crippen LogP contribution is 2.33. The van der Waals surface area contributed by atoms with E-state index in [1.807, 2.05) is 0 Å². The lowest BCUT2D eigenvalue weighted by Crippen LogP contribution is -2.26. The van der Waals surface area contributed by atoms with Crippen LogP contribution in [0.15, 0.2) is 39.8 Å². The van der Waals surface area contributed by atoms with Crippen LogP contribution in [0.3, 0.4) is 0 Å². The largest absolute Gasteiger partial charge is 0.573 e. The highest BCUT2D eigenvalue weighted by molar-refractivity contribution is 7.93. The number of aromatic nitrogens is 1. The number of nitrogens with one attached hydrogen (secondary N) is 2. The van der Waals surface area contributed by atoms with Crippen molar-refractivity contribution < 1.29 is 31.1 Å². The second-order valence-corrected chi connectivity index (χ2v) is 7.53. The summed E-state index contributed by atoms with van der Waals surface area (Å²) in [5.74, 6) is -2.17. The molecule has 6 N–H and O–H groups in total. The zero-order valence-corrected chi connectivity index (χ0v) is 15.4. The van der Waals surface area contributed by atoms with E-state index in [2.05, 4.69) is 24.8 Å². The minimum Gasteiger partial charge on any atom is -0.404 e. The Labute approximate surface area is 160 Å². The summed E-state index contributed by atoms with van der Waals surface area (Å²) in [7, 11) is -4.22. The van der Waals surface area contributed by atoms with Crippen molar-refractivity contribution in [1.29, 1.82) is 0 Å². The van der Waals surface area contributed by atoms with Crippen LogP contribution in [0, 0.1) is 0 Å². The van der Waals surface area contributed by atoms with Gasteiger partial charge < -0.3 is 21.5 Å². The second-order valence-electron chi connectivity index (χ2n) is 4.97. The molecule has 0 spiro atoms. The Bertz CT molecular complexity index is 973. The molecule has 0 aliphatic heterocycles. The van der Waals surface area contributed by atoms with Crippen molar-refractivity contribution in [3.8, 4) is 5.75 Å². The van der Waals surface area contributed by atoms with Crippen LogP contribution in [0.2, 0.25) is 0 Å². The first-order valence-corrected chi connectivity index (χ1v) is 9.49. The summed E-state index contributed by atoms with van der Waals surface area (Å²) in [6, 6.07) is 2.55. The number of thiazole rings is 1. The van der Waals surface area contributed by atoms with E-state index in [4.69, 9.17) is 11.5 Å². The lowest BCUT2D eigenvalue weighted by atomic mass is 10.3. The smallest absolute Gasteiger partial charge is 0.404 e. The van der Waals surface area contributed by atoms with Gasteiger partial charge in [0.05, 0.1) is 22.3 Å². The lowest BCUT2D eigenvalue weighted by Gasteiger charge is -2.15. The summed E-state index contributed by atoms with van der Waals surface area (Å²) in [4.78, 5) is 18.3. The normalized spacial score (nSPS) is 11.5. The van der Waals surface area contributed by atoms with Gasteiger partial charge in [0.15, 0.2) is 11.7 Å². The van der Waals surface area contributed by atoms with Crippen molar-refractivity contribution in [2.45, 2.75) is 11.3 Å². The number of alkyl halides is 3. The summed E-state index contributed by atoms with van der Waals surface area (Å²) in [6.07, 6.45) is -3.90. The van der Waals surface area contributed by atoms with E-state index in [0.29, 0.717) is 6.07 Å². The molecule has 1 heterocycles. The number of nitrogens with two attached hydrogens (primary N) is 2. The van der Waals surface area contributed by atoms with Gasteiger partial charge in [-0.25, -0.2) is 13.4 Å². The Hall–Kier alpha value is -3.07. The van der Waals surface area contributed by atoms with Crippen LogP contribution in [0.1, 0.15) is 0 Å². The van der Waals surface area contributed by atoms with Crippen molar-refractivity contribution in [3.05, 3.63) is 29.9 Å². The van der Waals surface area contributed by atoms with Gasteiger partial charge in [0.2, 0.25) is 5.91 Å². The van der Waals surface area contributed by atoms with Crippen LogP contribution in [0.4, 0.5) is 23.9 Å². The van der Waals surface area contributed by atoms with E-state index in [1.165, 1.54) is 11.7 Å². The van der Waals surface area contributed by atoms with E-state index in [1.54, 1.807) is 0 Å². The van der Waals surface area contributed by atoms with Gasteiger partial charge >= 0.3 is 6.36 Å². The van der Waals surface area contributed by atoms with Gasteiger partial charge in [0.25, 0.3) is 10.0 Å². The molecule has 28 heavy (non-hydrogen) atoms. The minimum atomic E-state index is -5.13. The molecule has 0 saturated carbocycles. The van der Waals surface area contributed by atoms with Gasteiger partial charge in [-0.15, -0.1) is 24.5 Å². The van der Waals surface area contributed by atoms with Crippen LogP contribution in [-0.4, -0.2) is 38.2 Å². The third kappa shape index (κ3) is 6.27. The van der Waals surface area contributed by atoms with E-state index in [-0.39, 0.29) is 5.00 Å². The maximum atomic E-state index is 12.7. The summed E-state index contributed by atoms with van der Waals surface area (Å²) >= 11 is 0.976. The number of guanidine groups is 1. The average molecular weight is 438 g/mol. The predicted octanol–water partition coefficient (Wildman–Crippen LogP) is 1.05. The van der Waals surface area contributed by atoms with Gasteiger partial charge in [-0.1, -0.05) is 0 Å². The van der Waals surface area contributed by atoms with Gasteiger partial charge in [-0.05, 0) is 12.1 Å². The molecule has 1 amide bonds. The average Bonchev–Trinajstić information content (AvgIpc) is 3.05. The predicted molar refractivity (Wildman–Crippen MR) is 95.4 cm³/mol. The van der Waals surface area contributed by atoms with Crippen LogP contribution in [0.25, 0.3) is 0 Å². The van der Waals surface area contributed by atoms with Crippen molar-refractivity contribution >= 4 is 43.9 Å². The number of rotatable bonds is 7. The van der Waals surface area contributed by atoms with E-state index < -0.39 is 51.1 Å². The molecule has 0 saturated heterocycles. The summed E-state index contributed by atoms with van der Waals surface area (Å²) in [5.41, 5.74) is 11.1. The van der Waals surface area contributed by atoms with Gasteiger partial charge in [0, 0.05) is 6.07 Å². The standard InChI is InChI=1S/C13H13F3N6O4S2/c14-13(15,16)26-9-3-7(28(24,25)22-11-5-19-6-27-11)1-2-8(9)21-10(23)4-20-12(17)18/h1-3,5-6,22H,4H2,(H,21,23)(H4,17,18,20). The highest BCUT2D eigenvalue weighted by Gasteiger charge is 2.33. The molecule has 1 aromatic carbocycles. The van der Waals surface area contributed by atoms with Crippen molar-refractivity contribution in [2.24, 2.45) is 16.5 Å². The number of hydrogen-bond acceptors (Lipinski definition) is 7. The lowest BCUT2D eigenvalue weighted by molar-refractivity contribution is -0.274. The number of ether oxygens (including phenoxy) is 1. The number of aliphatic imine (C=N–C) groups is 1. The first-order chi connectivity index (χ1) is 13.0. The first-order valence-electron chi connectivity index (χ1n) is 7.12. The highest BCUT2D eigenvalue weighted by atomic mass is 32.2. The maximum absolute atomic E-state index is 12.7. The van der Waals surface area contributed by atoms with Gasteiger partial charge in [-0.3, -0.25) is 14.5 Å². The Balaban J connectivity index is 2.34. The third-order valence-corrected chi connectivity index (χ3v) is 5.02. The molecule has 0 unspecified atom stereocenters. The molecule has 2 rings (SSSR count). The van der Waals surface area contributed by atoms with Crippen LogP contribution in [0.5, 0.6) is 5.75 Å². The molecule has 0 radical (unpaired) electrons. The fraction of sp³-hybridized carbons (Fsp3) is 0.154. The molecule has 10 nitrogen and oxygen atoms in total. The van der Waals surface area contributed by atoms with Crippen LogP contribution in [-0.2, 0) is 14.8 Å². The fourth-order valence-electron chi connectivity index (χ4n) is 1.79. The molecule has 0 atom stereocenters. The first kappa shape index (κ1) is 21.2. The van der Waals surface area contributed by atoms with Gasteiger partial charge in [0.1, 0.15) is 11.5 Å². The van der Waals surface area contributed by atoms with E-state index in [0.717, 1.165) is 23.5 Å². The quantitative estimate of drug-likeness (QED) is 0.371. The second kappa shape index (κ2) is 8.30. The number of sulfonamides is 1. The fourth-order valence-corrected chi connectivity index (χ4v) is 3.62. The van der Waals surface area contributed by atoms with E-state index in [9.17, 15) is 26.4 Å². The number of nitrogens with zero attached hydrogens (tertiary/aromatic N) is 2. The number of carbonyl (C=O) groups is 1. The molecule has 152 valence electrons. The Morgan fingerprint density at radius 1 is 1.32 bits per heavy atom. The number of hydrogen-bond donors (Lipinski definition) is 4. The number of amides is 1. The zero-order chi connectivity index (χ0) is 20.9. The van der Waals surface area contributed by atoms with Crippen molar-refractivity contribution in [1.82, 2.24) is 4.98 Å². The molecular weight excluding hydrogens is 425 g/mol. The number of benzene rings is 1. The molecule has 1 aromatic heterocycles. The zero-order valence-electron chi connectivity index (χ0n) is 13.7. The van der Waals surface area contributed by atoms with Gasteiger partial charge in [-0.2, -0.15) is 0 Å². The topological polar surface area (TPSA) is 162 Å². The Morgan fingerprint density at radius 2 is 2.04 bits per heavy atom. The Morgan fingerprint density at radius 3 is 2.61 bits per heavy atom. The number of anilines is 2. The molecule has 0 fully saturated rings. The van der Waals surface area contributed by atoms with Crippen LogP contribution >= 0.6 is 11.3 Å². The molecule has 0 aliphatic rings. The minimum absolute atomic E-state index is 0.160. The summed E-state index contributed by atoms with van der Waals surface area (Å²) < 4.78 is 68.7. The van der Waals surface area contributed by atoms with Crippen molar-refractivity contribution in [3.63, 3.8) is 0 Å². The number of carbonyl (C=O) groups excluding carboxylic acids is 1. The Kier molecular flexibility index (Phi) is 6.30. The molecule has 0 aliphatic carbocycles. The summed E-state index contributed by atoms with van der Waals surface area (Å²) in [5, 5.41) is 2.27. The molecule has 0 bridgehead atoms. The summed E-state index contributed by atoms with van der Waals surface area (Å²) in [6.45, 7) is -0.555. The van der Waals surface area contributed by atoms with E-state index >= 15 is 0 Å².